The number of benzene rings is 2. The summed E-state index contributed by atoms with van der Waals surface area (Å²) < 4.78 is 5.25. The fourth-order valence-electron chi connectivity index (χ4n) is 3.67. The lowest BCUT2D eigenvalue weighted by atomic mass is 10.1. The molecule has 0 bridgehead atoms. The van der Waals surface area contributed by atoms with Gasteiger partial charge in [0, 0.05) is 16.1 Å². The van der Waals surface area contributed by atoms with Crippen molar-refractivity contribution in [1.29, 1.82) is 0 Å². The molecule has 0 aliphatic carbocycles. The van der Waals surface area contributed by atoms with E-state index in [1.165, 1.54) is 6.42 Å². The number of piperidine rings is 1. The van der Waals surface area contributed by atoms with E-state index in [0.29, 0.717) is 23.2 Å². The summed E-state index contributed by atoms with van der Waals surface area (Å²) in [6.07, 6.45) is 3.50. The maximum absolute atomic E-state index is 12.6. The van der Waals surface area contributed by atoms with Crippen molar-refractivity contribution in [2.75, 3.05) is 32.1 Å². The minimum atomic E-state index is -0.101. The molecule has 1 aliphatic heterocycles. The largest absolute Gasteiger partial charge is 0.497 e. The lowest BCUT2D eigenvalue weighted by molar-refractivity contribution is -0.117. The molecule has 31 heavy (non-hydrogen) atoms. The zero-order chi connectivity index (χ0) is 21.6. The number of hydrogen-bond acceptors (Lipinski definition) is 5. The minimum absolute atomic E-state index is 0.101. The number of amides is 1. The fraction of sp³-hybridized carbons (Fsp3) is 0.292. The Morgan fingerprint density at radius 2 is 1.55 bits per heavy atom. The summed E-state index contributed by atoms with van der Waals surface area (Å²) in [6.45, 7) is 2.26. The van der Waals surface area contributed by atoms with Gasteiger partial charge in [0.1, 0.15) is 5.75 Å². The number of anilines is 1. The van der Waals surface area contributed by atoms with Crippen LogP contribution in [0.3, 0.4) is 0 Å². The van der Waals surface area contributed by atoms with Gasteiger partial charge < -0.3 is 4.74 Å². The zero-order valence-electron chi connectivity index (χ0n) is 17.5. The molecule has 1 aliphatic rings. The molecule has 7 heteroatoms. The minimum Gasteiger partial charge on any atom is -0.497 e. The van der Waals surface area contributed by atoms with E-state index in [9.17, 15) is 4.79 Å². The van der Waals surface area contributed by atoms with Crippen molar-refractivity contribution in [2.45, 2.75) is 19.3 Å². The predicted molar refractivity (Wildman–Crippen MR) is 123 cm³/mol. The molecule has 1 N–H and O–H groups in total. The number of ether oxygens (including phenoxy) is 1. The van der Waals surface area contributed by atoms with E-state index in [1.807, 2.05) is 54.6 Å². The van der Waals surface area contributed by atoms with Gasteiger partial charge in [0.15, 0.2) is 0 Å². The van der Waals surface area contributed by atoms with Gasteiger partial charge in [-0.3, -0.25) is 15.0 Å². The average Bonchev–Trinajstić information content (AvgIpc) is 2.80. The number of likely N-dealkylation sites (tertiary alicyclic amines) is 1. The molecule has 160 valence electrons. The lowest BCUT2D eigenvalue weighted by Gasteiger charge is -2.25. The van der Waals surface area contributed by atoms with E-state index in [4.69, 9.17) is 16.3 Å². The van der Waals surface area contributed by atoms with Gasteiger partial charge >= 0.3 is 0 Å². The van der Waals surface area contributed by atoms with Gasteiger partial charge in [0.2, 0.25) is 11.9 Å². The molecule has 6 nitrogen and oxygen atoms in total. The van der Waals surface area contributed by atoms with Crippen LogP contribution in [0.15, 0.2) is 54.6 Å². The highest BCUT2D eigenvalue weighted by atomic mass is 35.5. The van der Waals surface area contributed by atoms with Crippen LogP contribution >= 0.6 is 11.6 Å². The number of carbonyl (C=O) groups excluding carboxylic acids is 1. The van der Waals surface area contributed by atoms with E-state index in [-0.39, 0.29) is 5.91 Å². The Morgan fingerprint density at radius 1 is 0.968 bits per heavy atom. The van der Waals surface area contributed by atoms with Gasteiger partial charge in [0.25, 0.3) is 0 Å². The van der Waals surface area contributed by atoms with E-state index in [2.05, 4.69) is 20.2 Å². The van der Waals surface area contributed by atoms with E-state index >= 15 is 0 Å². The maximum Gasteiger partial charge on any atom is 0.240 e. The topological polar surface area (TPSA) is 67.3 Å². The third-order valence-corrected chi connectivity index (χ3v) is 5.57. The summed E-state index contributed by atoms with van der Waals surface area (Å²) in [5.74, 6) is 0.960. The molecular weight excluding hydrogens is 412 g/mol. The first kappa shape index (κ1) is 21.3. The Bertz CT molecular complexity index is 1030. The number of hydrogen-bond donors (Lipinski definition) is 1. The quantitative estimate of drug-likeness (QED) is 0.595. The Kier molecular flexibility index (Phi) is 6.79. The molecule has 0 saturated carbocycles. The van der Waals surface area contributed by atoms with Gasteiger partial charge in [0.05, 0.1) is 25.0 Å². The average molecular weight is 437 g/mol. The van der Waals surface area contributed by atoms with E-state index in [0.717, 1.165) is 48.5 Å². The molecule has 0 unspecified atom stereocenters. The normalized spacial score (nSPS) is 14.3. The molecule has 2 heterocycles. The predicted octanol–water partition coefficient (Wildman–Crippen LogP) is 4.90. The Hall–Kier alpha value is -2.96. The van der Waals surface area contributed by atoms with Crippen LogP contribution in [0.1, 0.15) is 19.3 Å². The molecule has 0 radical (unpaired) electrons. The van der Waals surface area contributed by atoms with Crippen molar-refractivity contribution in [3.05, 3.63) is 59.6 Å². The first-order chi connectivity index (χ1) is 15.1. The molecule has 0 spiro atoms. The van der Waals surface area contributed by atoms with E-state index < -0.39 is 0 Å². The summed E-state index contributed by atoms with van der Waals surface area (Å²) in [7, 11) is 1.63. The molecule has 3 aromatic rings. The van der Waals surface area contributed by atoms with Gasteiger partial charge in [-0.2, -0.15) is 0 Å². The highest BCUT2D eigenvalue weighted by Crippen LogP contribution is 2.27. The SMILES string of the molecule is COc1ccc(-c2cc(-c3ccc(Cl)cc3)nc(NC(=O)CN3CCCCC3)n2)cc1. The van der Waals surface area contributed by atoms with Crippen LogP contribution in [0.25, 0.3) is 22.5 Å². The third kappa shape index (κ3) is 5.60. The van der Waals surface area contributed by atoms with Crippen LogP contribution in [0.5, 0.6) is 5.75 Å². The molecular formula is C24H25ClN4O2. The van der Waals surface area contributed by atoms with Gasteiger partial charge in [-0.15, -0.1) is 0 Å². The lowest BCUT2D eigenvalue weighted by Crippen LogP contribution is -2.37. The van der Waals surface area contributed by atoms with Gasteiger partial charge in [-0.1, -0.05) is 30.2 Å². The Balaban J connectivity index is 1.63. The van der Waals surface area contributed by atoms with Crippen molar-refractivity contribution < 1.29 is 9.53 Å². The zero-order valence-corrected chi connectivity index (χ0v) is 18.2. The standard InChI is InChI=1S/C24H25ClN4O2/c1-31-20-11-7-18(8-12-20)22-15-21(17-5-9-19(25)10-6-17)26-24(27-22)28-23(30)16-29-13-3-2-4-14-29/h5-12,15H,2-4,13-14,16H2,1H3,(H,26,27,28,30). The van der Waals surface area contributed by atoms with Crippen molar-refractivity contribution >= 4 is 23.5 Å². The molecule has 1 saturated heterocycles. The van der Waals surface area contributed by atoms with Crippen LogP contribution in [0.4, 0.5) is 5.95 Å². The second-order valence-corrected chi connectivity index (χ2v) is 8.02. The number of rotatable bonds is 6. The van der Waals surface area contributed by atoms with Crippen LogP contribution in [-0.2, 0) is 4.79 Å². The van der Waals surface area contributed by atoms with Crippen molar-refractivity contribution in [1.82, 2.24) is 14.9 Å². The number of nitrogens with one attached hydrogen (secondary N) is 1. The van der Waals surface area contributed by atoms with Crippen LogP contribution in [-0.4, -0.2) is 47.5 Å². The summed E-state index contributed by atoms with van der Waals surface area (Å²) in [5, 5.41) is 3.55. The second-order valence-electron chi connectivity index (χ2n) is 7.58. The summed E-state index contributed by atoms with van der Waals surface area (Å²) in [5.41, 5.74) is 3.24. The van der Waals surface area contributed by atoms with E-state index in [1.54, 1.807) is 7.11 Å². The third-order valence-electron chi connectivity index (χ3n) is 5.32. The van der Waals surface area contributed by atoms with Crippen LogP contribution in [0, 0.1) is 0 Å². The van der Waals surface area contributed by atoms with Gasteiger partial charge in [-0.25, -0.2) is 9.97 Å². The Morgan fingerprint density at radius 3 is 2.13 bits per heavy atom. The first-order valence-electron chi connectivity index (χ1n) is 10.4. The summed E-state index contributed by atoms with van der Waals surface area (Å²) in [4.78, 5) is 24.0. The molecule has 2 aromatic carbocycles. The summed E-state index contributed by atoms with van der Waals surface area (Å²) in [6, 6.07) is 17.0. The molecule has 1 amide bonds. The van der Waals surface area contributed by atoms with Crippen LogP contribution < -0.4 is 10.1 Å². The number of aromatic nitrogens is 2. The summed E-state index contributed by atoms with van der Waals surface area (Å²) >= 11 is 6.04. The number of halogens is 1. The Labute approximate surface area is 187 Å². The van der Waals surface area contributed by atoms with Crippen molar-refractivity contribution in [2.24, 2.45) is 0 Å². The second kappa shape index (κ2) is 9.90. The first-order valence-corrected chi connectivity index (χ1v) is 10.8. The van der Waals surface area contributed by atoms with Crippen molar-refractivity contribution in [3.8, 4) is 28.3 Å². The van der Waals surface area contributed by atoms with Gasteiger partial charge in [-0.05, 0) is 68.4 Å². The van der Waals surface area contributed by atoms with Crippen LogP contribution in [0.2, 0.25) is 5.02 Å². The molecule has 4 rings (SSSR count). The highest BCUT2D eigenvalue weighted by Gasteiger charge is 2.16. The molecule has 1 aromatic heterocycles. The van der Waals surface area contributed by atoms with Crippen molar-refractivity contribution in [3.63, 3.8) is 0 Å². The fourth-order valence-corrected chi connectivity index (χ4v) is 3.79. The molecule has 0 atom stereocenters. The number of carbonyl (C=O) groups is 1. The number of nitrogens with zero attached hydrogens (tertiary/aromatic N) is 3. The number of methoxy groups -OCH3 is 1. The monoisotopic (exact) mass is 436 g/mol. The molecule has 1 fully saturated rings. The highest BCUT2D eigenvalue weighted by molar-refractivity contribution is 6.30. The maximum atomic E-state index is 12.6. The smallest absolute Gasteiger partial charge is 0.240 e.